The lowest BCUT2D eigenvalue weighted by Gasteiger charge is -2.10. The molecule has 0 aliphatic rings. The van der Waals surface area contributed by atoms with E-state index >= 15 is 0 Å². The Morgan fingerprint density at radius 3 is 2.86 bits per heavy atom. The van der Waals surface area contributed by atoms with Gasteiger partial charge in [-0.05, 0) is 55.3 Å². The van der Waals surface area contributed by atoms with Crippen LogP contribution in [-0.4, -0.2) is 18.0 Å². The van der Waals surface area contributed by atoms with E-state index < -0.39 is 0 Å². The minimum atomic E-state index is -0.208. The quantitative estimate of drug-likeness (QED) is 0.491. The van der Waals surface area contributed by atoms with E-state index in [1.54, 1.807) is 25.6 Å². The first kappa shape index (κ1) is 17.8. The molecule has 0 fully saturated rings. The highest BCUT2D eigenvalue weighted by Crippen LogP contribution is 2.33. The zero-order valence-electron chi connectivity index (χ0n) is 15.9. The van der Waals surface area contributed by atoms with Crippen molar-refractivity contribution in [1.82, 2.24) is 4.98 Å². The number of aromatic nitrogens is 1. The van der Waals surface area contributed by atoms with Crippen LogP contribution in [-0.2, 0) is 4.79 Å². The highest BCUT2D eigenvalue weighted by molar-refractivity contribution is 6.08. The van der Waals surface area contributed by atoms with E-state index in [-0.39, 0.29) is 5.91 Å². The SMILES string of the molecule is COc1cc2occ(C)c2cc1/C(C)=C/C(=O)Nc1cccc2ncccc12. The Morgan fingerprint density at radius 2 is 2.04 bits per heavy atom. The molecule has 1 amide bonds. The van der Waals surface area contributed by atoms with Gasteiger partial charge in [0.1, 0.15) is 11.3 Å². The van der Waals surface area contributed by atoms with Gasteiger partial charge in [0.25, 0.3) is 0 Å². The van der Waals surface area contributed by atoms with E-state index in [1.807, 2.05) is 56.3 Å². The number of rotatable bonds is 4. The van der Waals surface area contributed by atoms with Crippen LogP contribution in [0.5, 0.6) is 5.75 Å². The molecule has 0 spiro atoms. The molecule has 0 atom stereocenters. The third-order valence-corrected chi connectivity index (χ3v) is 4.77. The molecule has 2 aromatic carbocycles. The maximum atomic E-state index is 12.7. The summed E-state index contributed by atoms with van der Waals surface area (Å²) in [6, 6.07) is 13.3. The zero-order valence-corrected chi connectivity index (χ0v) is 15.9. The summed E-state index contributed by atoms with van der Waals surface area (Å²) in [7, 11) is 1.61. The second-order valence-corrected chi connectivity index (χ2v) is 6.66. The van der Waals surface area contributed by atoms with E-state index in [2.05, 4.69) is 10.3 Å². The number of methoxy groups -OCH3 is 1. The Morgan fingerprint density at radius 1 is 1.18 bits per heavy atom. The van der Waals surface area contributed by atoms with Gasteiger partial charge in [0.15, 0.2) is 0 Å². The second kappa shape index (κ2) is 7.19. The fourth-order valence-corrected chi connectivity index (χ4v) is 3.31. The van der Waals surface area contributed by atoms with Crippen LogP contribution in [0.2, 0.25) is 0 Å². The number of amides is 1. The molecule has 4 aromatic rings. The van der Waals surface area contributed by atoms with Gasteiger partial charge in [-0.1, -0.05) is 6.07 Å². The van der Waals surface area contributed by atoms with Gasteiger partial charge in [-0.25, -0.2) is 0 Å². The Hall–Kier alpha value is -3.60. The van der Waals surface area contributed by atoms with Gasteiger partial charge >= 0.3 is 0 Å². The maximum absolute atomic E-state index is 12.7. The van der Waals surface area contributed by atoms with Crippen molar-refractivity contribution in [3.8, 4) is 5.75 Å². The number of furan rings is 1. The molecule has 140 valence electrons. The lowest BCUT2D eigenvalue weighted by Crippen LogP contribution is -2.09. The molecule has 5 heteroatoms. The van der Waals surface area contributed by atoms with Crippen molar-refractivity contribution < 1.29 is 13.9 Å². The third-order valence-electron chi connectivity index (χ3n) is 4.77. The number of ether oxygens (including phenoxy) is 1. The number of hydrogen-bond acceptors (Lipinski definition) is 4. The van der Waals surface area contributed by atoms with Crippen LogP contribution in [0.15, 0.2) is 65.4 Å². The van der Waals surface area contributed by atoms with E-state index in [0.717, 1.165) is 44.3 Å². The van der Waals surface area contributed by atoms with Crippen LogP contribution < -0.4 is 10.1 Å². The lowest BCUT2D eigenvalue weighted by atomic mass is 10.0. The summed E-state index contributed by atoms with van der Waals surface area (Å²) in [6.45, 7) is 3.88. The lowest BCUT2D eigenvalue weighted by molar-refractivity contribution is -0.111. The summed E-state index contributed by atoms with van der Waals surface area (Å²) >= 11 is 0. The minimum Gasteiger partial charge on any atom is -0.496 e. The number of nitrogens with one attached hydrogen (secondary N) is 1. The molecule has 2 aromatic heterocycles. The number of fused-ring (bicyclic) bond motifs is 2. The number of pyridine rings is 1. The molecule has 0 bridgehead atoms. The van der Waals surface area contributed by atoms with Crippen molar-refractivity contribution in [1.29, 1.82) is 0 Å². The third kappa shape index (κ3) is 3.22. The van der Waals surface area contributed by atoms with Gasteiger partial charge in [0.2, 0.25) is 5.91 Å². The van der Waals surface area contributed by atoms with Crippen LogP contribution in [0.3, 0.4) is 0 Å². The van der Waals surface area contributed by atoms with Crippen LogP contribution >= 0.6 is 0 Å². The monoisotopic (exact) mass is 372 g/mol. The average molecular weight is 372 g/mol. The molecule has 5 nitrogen and oxygen atoms in total. The molecule has 0 aliphatic heterocycles. The Bertz CT molecular complexity index is 1220. The van der Waals surface area contributed by atoms with Crippen molar-refractivity contribution in [2.45, 2.75) is 13.8 Å². The normalized spacial score (nSPS) is 11.8. The highest BCUT2D eigenvalue weighted by atomic mass is 16.5. The van der Waals surface area contributed by atoms with E-state index in [9.17, 15) is 4.79 Å². The average Bonchev–Trinajstić information content (AvgIpc) is 3.07. The molecule has 0 radical (unpaired) electrons. The fourth-order valence-electron chi connectivity index (χ4n) is 3.31. The Balaban J connectivity index is 1.67. The van der Waals surface area contributed by atoms with Gasteiger partial charge < -0.3 is 14.5 Å². The number of aryl methyl sites for hydroxylation is 1. The maximum Gasteiger partial charge on any atom is 0.248 e. The van der Waals surface area contributed by atoms with E-state index in [4.69, 9.17) is 9.15 Å². The van der Waals surface area contributed by atoms with Crippen LogP contribution in [0, 0.1) is 6.92 Å². The number of carbonyl (C=O) groups excluding carboxylic acids is 1. The van der Waals surface area contributed by atoms with Crippen molar-refractivity contribution in [2.24, 2.45) is 0 Å². The van der Waals surface area contributed by atoms with Gasteiger partial charge in [-0.3, -0.25) is 9.78 Å². The number of anilines is 1. The summed E-state index contributed by atoms with van der Waals surface area (Å²) in [5.41, 5.74) is 5.03. The smallest absolute Gasteiger partial charge is 0.248 e. The van der Waals surface area contributed by atoms with Gasteiger partial charge in [-0.2, -0.15) is 0 Å². The number of nitrogens with zero attached hydrogens (tertiary/aromatic N) is 1. The fraction of sp³-hybridized carbons (Fsp3) is 0.130. The Labute approximate surface area is 162 Å². The van der Waals surface area contributed by atoms with Gasteiger partial charge in [0.05, 0.1) is 24.6 Å². The number of benzene rings is 2. The molecule has 0 aliphatic carbocycles. The van der Waals surface area contributed by atoms with Crippen molar-refractivity contribution >= 4 is 39.0 Å². The molecular formula is C23H20N2O3. The number of hydrogen-bond donors (Lipinski definition) is 1. The van der Waals surface area contributed by atoms with Crippen LogP contribution in [0.4, 0.5) is 5.69 Å². The van der Waals surface area contributed by atoms with Crippen LogP contribution in [0.1, 0.15) is 18.1 Å². The summed E-state index contributed by atoms with van der Waals surface area (Å²) < 4.78 is 11.0. The number of carbonyl (C=O) groups is 1. The zero-order chi connectivity index (χ0) is 19.7. The minimum absolute atomic E-state index is 0.208. The van der Waals surface area contributed by atoms with Crippen molar-refractivity contribution in [3.63, 3.8) is 0 Å². The topological polar surface area (TPSA) is 64.4 Å². The summed E-state index contributed by atoms with van der Waals surface area (Å²) in [5, 5.41) is 4.86. The second-order valence-electron chi connectivity index (χ2n) is 6.66. The molecule has 0 unspecified atom stereocenters. The summed E-state index contributed by atoms with van der Waals surface area (Å²) in [6.07, 6.45) is 5.03. The Kier molecular flexibility index (Phi) is 4.57. The summed E-state index contributed by atoms with van der Waals surface area (Å²) in [5.74, 6) is 0.456. The molecule has 0 saturated heterocycles. The summed E-state index contributed by atoms with van der Waals surface area (Å²) in [4.78, 5) is 17.0. The molecule has 0 saturated carbocycles. The first-order valence-electron chi connectivity index (χ1n) is 8.96. The van der Waals surface area contributed by atoms with Crippen molar-refractivity contribution in [2.75, 3.05) is 12.4 Å². The predicted molar refractivity (Wildman–Crippen MR) is 112 cm³/mol. The van der Waals surface area contributed by atoms with Crippen LogP contribution in [0.25, 0.3) is 27.4 Å². The van der Waals surface area contributed by atoms with Gasteiger partial charge in [-0.15, -0.1) is 0 Å². The van der Waals surface area contributed by atoms with E-state index in [1.165, 1.54) is 0 Å². The molecule has 2 heterocycles. The molecule has 4 rings (SSSR count). The van der Waals surface area contributed by atoms with Gasteiger partial charge in [0, 0.05) is 34.7 Å². The highest BCUT2D eigenvalue weighted by Gasteiger charge is 2.13. The standard InChI is InChI=1S/C23H20N2O3/c1-14(17-11-18-15(2)13-28-22(18)12-21(17)27-3)10-23(26)25-20-8-4-7-19-16(20)6-5-9-24-19/h4-13H,1-3H3,(H,25,26)/b14-10+. The molecular weight excluding hydrogens is 352 g/mol. The predicted octanol–water partition coefficient (Wildman–Crippen LogP) is 5.34. The molecule has 28 heavy (non-hydrogen) atoms. The first-order valence-corrected chi connectivity index (χ1v) is 8.96. The molecule has 1 N–H and O–H groups in total. The largest absolute Gasteiger partial charge is 0.496 e. The van der Waals surface area contributed by atoms with Crippen molar-refractivity contribution in [3.05, 3.63) is 72.1 Å². The van der Waals surface area contributed by atoms with E-state index in [0.29, 0.717) is 5.75 Å². The number of allylic oxidation sites excluding steroid dienone is 1. The first-order chi connectivity index (χ1) is 13.6.